The van der Waals surface area contributed by atoms with Crippen molar-refractivity contribution in [2.75, 3.05) is 36.4 Å². The summed E-state index contributed by atoms with van der Waals surface area (Å²) in [7, 11) is 0. The predicted molar refractivity (Wildman–Crippen MR) is 109 cm³/mol. The Hall–Kier alpha value is -2.31. The van der Waals surface area contributed by atoms with Crippen LogP contribution in [0.3, 0.4) is 0 Å². The van der Waals surface area contributed by atoms with Gasteiger partial charge in [0.1, 0.15) is 11.5 Å². The van der Waals surface area contributed by atoms with Gasteiger partial charge < -0.3 is 10.2 Å². The molecule has 1 saturated carbocycles. The molecule has 1 aromatic carbocycles. The maximum absolute atomic E-state index is 6.15. The van der Waals surface area contributed by atoms with Crippen LogP contribution in [0.25, 0.3) is 5.65 Å². The van der Waals surface area contributed by atoms with Crippen LogP contribution < -0.4 is 10.2 Å². The fraction of sp³-hybridized carbons (Fsp3) is 0.400. The molecule has 0 radical (unpaired) electrons. The minimum atomic E-state index is 0.546. The number of pyridine rings is 1. The molecule has 2 aliphatic rings. The first kappa shape index (κ1) is 16.8. The van der Waals surface area contributed by atoms with Crippen molar-refractivity contribution in [1.82, 2.24) is 19.5 Å². The van der Waals surface area contributed by atoms with Gasteiger partial charge in [-0.05, 0) is 49.2 Å². The molecule has 2 fully saturated rings. The number of nitrogens with zero attached hydrogens (tertiary/aromatic N) is 5. The maximum atomic E-state index is 6.15. The Balaban J connectivity index is 1.26. The van der Waals surface area contributed by atoms with Crippen LogP contribution in [0.5, 0.6) is 0 Å². The van der Waals surface area contributed by atoms with Crippen LogP contribution >= 0.6 is 11.6 Å². The number of aromatic nitrogens is 3. The molecule has 0 bridgehead atoms. The molecule has 5 rings (SSSR count). The zero-order valence-corrected chi connectivity index (χ0v) is 15.9. The third kappa shape index (κ3) is 3.24. The van der Waals surface area contributed by atoms with E-state index in [9.17, 15) is 0 Å². The van der Waals surface area contributed by atoms with E-state index < -0.39 is 0 Å². The van der Waals surface area contributed by atoms with E-state index in [4.69, 9.17) is 11.6 Å². The number of hydrogen-bond donors (Lipinski definition) is 1. The summed E-state index contributed by atoms with van der Waals surface area (Å²) in [5.74, 6) is 0. The Morgan fingerprint density at radius 3 is 2.44 bits per heavy atom. The molecule has 3 aromatic rings. The van der Waals surface area contributed by atoms with Crippen molar-refractivity contribution in [2.45, 2.75) is 25.3 Å². The summed E-state index contributed by atoms with van der Waals surface area (Å²) in [6.07, 6.45) is 5.71. The molecule has 7 heteroatoms. The molecule has 0 amide bonds. The number of anilines is 3. The summed E-state index contributed by atoms with van der Waals surface area (Å²) in [6, 6.07) is 13.2. The summed E-state index contributed by atoms with van der Waals surface area (Å²) in [5.41, 5.74) is 3.93. The van der Waals surface area contributed by atoms with Crippen molar-refractivity contribution in [3.63, 3.8) is 0 Å². The molecule has 1 saturated heterocycles. The van der Waals surface area contributed by atoms with Gasteiger partial charge in [-0.25, -0.2) is 9.50 Å². The number of hydrogen-bond acceptors (Lipinski definition) is 5. The van der Waals surface area contributed by atoms with Gasteiger partial charge in [-0.1, -0.05) is 18.0 Å². The van der Waals surface area contributed by atoms with Crippen LogP contribution in [0.2, 0.25) is 5.15 Å². The second-order valence-corrected chi connectivity index (χ2v) is 7.73. The van der Waals surface area contributed by atoms with Crippen molar-refractivity contribution < 1.29 is 0 Å². The van der Waals surface area contributed by atoms with E-state index >= 15 is 0 Å². The molecule has 1 aliphatic heterocycles. The molecule has 0 spiro atoms. The molecule has 6 nitrogen and oxygen atoms in total. The maximum Gasteiger partial charge on any atom is 0.180 e. The van der Waals surface area contributed by atoms with Gasteiger partial charge in [-0.3, -0.25) is 4.90 Å². The lowest BCUT2D eigenvalue weighted by molar-refractivity contribution is 0.120. The lowest BCUT2D eigenvalue weighted by Crippen LogP contribution is -2.52. The third-order valence-electron chi connectivity index (χ3n) is 5.80. The summed E-state index contributed by atoms with van der Waals surface area (Å²) in [5, 5.41) is 8.11. The van der Waals surface area contributed by atoms with Gasteiger partial charge in [0.15, 0.2) is 5.65 Å². The molecule has 1 aliphatic carbocycles. The number of nitrogens with one attached hydrogen (secondary N) is 1. The standard InChI is InChI=1S/C20H23ClN6/c21-19-9-8-18(20-22-14-23-27(19)20)24-15-4-6-17(7-5-15)26-12-10-25(11-13-26)16-2-1-3-16/h4-9,14,16,24H,1-3,10-13H2. The van der Waals surface area contributed by atoms with Crippen LogP contribution in [0, 0.1) is 0 Å². The quantitative estimate of drug-likeness (QED) is 0.695. The normalized spacial score (nSPS) is 18.6. The van der Waals surface area contributed by atoms with Gasteiger partial charge >= 0.3 is 0 Å². The highest BCUT2D eigenvalue weighted by Crippen LogP contribution is 2.28. The number of halogens is 1. The highest BCUT2D eigenvalue weighted by atomic mass is 35.5. The number of benzene rings is 1. The van der Waals surface area contributed by atoms with E-state index in [1.165, 1.54) is 44.4 Å². The highest BCUT2D eigenvalue weighted by Gasteiger charge is 2.27. The number of rotatable bonds is 4. The van der Waals surface area contributed by atoms with E-state index in [-0.39, 0.29) is 0 Å². The van der Waals surface area contributed by atoms with Crippen molar-refractivity contribution in [1.29, 1.82) is 0 Å². The first-order chi connectivity index (χ1) is 13.3. The average Bonchev–Trinajstić information content (AvgIpc) is 3.15. The SMILES string of the molecule is Clc1ccc(Nc2ccc(N3CCN(C4CCC4)CC3)cc2)c2ncnn12. The largest absolute Gasteiger partial charge is 0.369 e. The van der Waals surface area contributed by atoms with E-state index in [2.05, 4.69) is 49.5 Å². The molecule has 2 aromatic heterocycles. The Labute approximate surface area is 163 Å². The molecule has 0 unspecified atom stereocenters. The minimum absolute atomic E-state index is 0.546. The molecule has 0 atom stereocenters. The fourth-order valence-electron chi connectivity index (χ4n) is 3.98. The van der Waals surface area contributed by atoms with Gasteiger partial charge in [0.2, 0.25) is 0 Å². The second kappa shape index (κ2) is 7.02. The molecule has 27 heavy (non-hydrogen) atoms. The second-order valence-electron chi connectivity index (χ2n) is 7.34. The van der Waals surface area contributed by atoms with Crippen molar-refractivity contribution >= 4 is 34.3 Å². The van der Waals surface area contributed by atoms with Gasteiger partial charge in [0.25, 0.3) is 0 Å². The Bertz CT molecular complexity index is 925. The smallest absolute Gasteiger partial charge is 0.180 e. The van der Waals surface area contributed by atoms with Gasteiger partial charge in [0, 0.05) is 43.6 Å². The first-order valence-corrected chi connectivity index (χ1v) is 10.00. The summed E-state index contributed by atoms with van der Waals surface area (Å²) in [4.78, 5) is 9.44. The van der Waals surface area contributed by atoms with Crippen molar-refractivity contribution in [3.05, 3.63) is 47.9 Å². The van der Waals surface area contributed by atoms with E-state index in [1.807, 2.05) is 12.1 Å². The van der Waals surface area contributed by atoms with Gasteiger partial charge in [-0.2, -0.15) is 5.10 Å². The zero-order valence-electron chi connectivity index (χ0n) is 15.2. The van der Waals surface area contributed by atoms with Crippen LogP contribution in [-0.2, 0) is 0 Å². The minimum Gasteiger partial charge on any atom is -0.369 e. The summed E-state index contributed by atoms with van der Waals surface area (Å²) in [6.45, 7) is 4.59. The van der Waals surface area contributed by atoms with Gasteiger partial charge in [-0.15, -0.1) is 0 Å². The summed E-state index contributed by atoms with van der Waals surface area (Å²) < 4.78 is 1.62. The van der Waals surface area contributed by atoms with Crippen LogP contribution in [0.4, 0.5) is 17.1 Å². The molecular weight excluding hydrogens is 360 g/mol. The topological polar surface area (TPSA) is 48.7 Å². The van der Waals surface area contributed by atoms with E-state index in [1.54, 1.807) is 4.52 Å². The van der Waals surface area contributed by atoms with E-state index in [0.717, 1.165) is 36.2 Å². The third-order valence-corrected chi connectivity index (χ3v) is 6.08. The van der Waals surface area contributed by atoms with Crippen molar-refractivity contribution in [2.24, 2.45) is 0 Å². The average molecular weight is 383 g/mol. The molecule has 140 valence electrons. The van der Waals surface area contributed by atoms with Crippen LogP contribution in [0.15, 0.2) is 42.7 Å². The molecular formula is C20H23ClN6. The van der Waals surface area contributed by atoms with Crippen molar-refractivity contribution in [3.8, 4) is 0 Å². The number of piperazine rings is 1. The van der Waals surface area contributed by atoms with Crippen LogP contribution in [-0.4, -0.2) is 51.7 Å². The fourth-order valence-corrected chi connectivity index (χ4v) is 4.17. The lowest BCUT2D eigenvalue weighted by Gasteiger charge is -2.43. The Morgan fingerprint density at radius 2 is 1.74 bits per heavy atom. The predicted octanol–water partition coefficient (Wildman–Crippen LogP) is 3.80. The molecule has 3 heterocycles. The highest BCUT2D eigenvalue weighted by molar-refractivity contribution is 6.29. The van der Waals surface area contributed by atoms with E-state index in [0.29, 0.717) is 5.15 Å². The lowest BCUT2D eigenvalue weighted by atomic mass is 9.91. The molecule has 1 N–H and O–H groups in total. The van der Waals surface area contributed by atoms with Crippen LogP contribution in [0.1, 0.15) is 19.3 Å². The first-order valence-electron chi connectivity index (χ1n) is 9.62. The Morgan fingerprint density at radius 1 is 0.963 bits per heavy atom. The Kier molecular flexibility index (Phi) is 4.38. The number of fused-ring (bicyclic) bond motifs is 1. The summed E-state index contributed by atoms with van der Waals surface area (Å²) >= 11 is 6.15. The monoisotopic (exact) mass is 382 g/mol. The zero-order chi connectivity index (χ0) is 18.2. The van der Waals surface area contributed by atoms with Gasteiger partial charge in [0.05, 0.1) is 5.69 Å².